The Morgan fingerprint density at radius 3 is 1.06 bits per heavy atom. The van der Waals surface area contributed by atoms with Gasteiger partial charge in [-0.3, -0.25) is 0 Å². The second kappa shape index (κ2) is 9.05. The molecule has 0 heterocycles. The minimum atomic E-state index is -1.95. The van der Waals surface area contributed by atoms with Crippen LogP contribution >= 0.6 is 0 Å². The molecule has 7 heteroatoms. The van der Waals surface area contributed by atoms with Crippen molar-refractivity contribution < 1.29 is 27.5 Å². The number of ether oxygens (including phenoxy) is 3. The van der Waals surface area contributed by atoms with Crippen LogP contribution in [0.3, 0.4) is 0 Å². The lowest BCUT2D eigenvalue weighted by Crippen LogP contribution is -2.38. The molecule has 0 aromatic heterocycles. The molecular formula is C9H21O6Si. The van der Waals surface area contributed by atoms with Crippen LogP contribution in [-0.2, 0) is 27.5 Å². The van der Waals surface area contributed by atoms with Crippen molar-refractivity contribution in [2.75, 3.05) is 21.3 Å². The van der Waals surface area contributed by atoms with E-state index in [1.54, 1.807) is 42.1 Å². The van der Waals surface area contributed by atoms with Gasteiger partial charge in [-0.2, -0.15) is 0 Å². The minimum Gasteiger partial charge on any atom is -0.357 e. The fraction of sp³-hybridized carbons (Fsp3) is 1.00. The first-order valence-electron chi connectivity index (χ1n) is 4.98. The Bertz CT molecular complexity index is 142. The van der Waals surface area contributed by atoms with E-state index in [9.17, 15) is 0 Å². The molecule has 0 aliphatic heterocycles. The zero-order valence-electron chi connectivity index (χ0n) is 10.7. The molecule has 0 aliphatic rings. The number of methoxy groups -OCH3 is 3. The normalized spacial score (nSPS) is 17.4. The van der Waals surface area contributed by atoms with E-state index in [4.69, 9.17) is 27.5 Å². The zero-order chi connectivity index (χ0) is 12.6. The summed E-state index contributed by atoms with van der Waals surface area (Å²) in [6, 6.07) is 0. The van der Waals surface area contributed by atoms with Gasteiger partial charge in [-0.05, 0) is 20.8 Å². The summed E-state index contributed by atoms with van der Waals surface area (Å²) in [5, 5.41) is 0. The molecule has 0 rings (SSSR count). The maximum Gasteiger partial charge on any atom is 0.583 e. The third-order valence-corrected chi connectivity index (χ3v) is 3.36. The molecule has 0 spiro atoms. The van der Waals surface area contributed by atoms with Gasteiger partial charge in [0.1, 0.15) is 18.9 Å². The van der Waals surface area contributed by atoms with Gasteiger partial charge in [0.25, 0.3) is 0 Å². The van der Waals surface area contributed by atoms with Gasteiger partial charge < -0.3 is 27.5 Å². The van der Waals surface area contributed by atoms with Gasteiger partial charge in [0.15, 0.2) is 0 Å². The van der Waals surface area contributed by atoms with Crippen LogP contribution in [0.5, 0.6) is 0 Å². The van der Waals surface area contributed by atoms with Crippen LogP contribution in [-0.4, -0.2) is 49.7 Å². The Hall–Kier alpha value is -0.0231. The molecule has 0 N–H and O–H groups in total. The SMILES string of the molecule is COC(C)O[Si](OC(C)OC)OC(C)OC. The van der Waals surface area contributed by atoms with Crippen LogP contribution in [0, 0.1) is 0 Å². The second-order valence-electron chi connectivity index (χ2n) is 3.01. The summed E-state index contributed by atoms with van der Waals surface area (Å²) >= 11 is 0. The lowest BCUT2D eigenvalue weighted by Gasteiger charge is -2.23. The summed E-state index contributed by atoms with van der Waals surface area (Å²) in [5.41, 5.74) is 0. The molecule has 3 unspecified atom stereocenters. The highest BCUT2D eigenvalue weighted by molar-refractivity contribution is 6.36. The van der Waals surface area contributed by atoms with Crippen molar-refractivity contribution >= 4 is 9.53 Å². The van der Waals surface area contributed by atoms with Crippen molar-refractivity contribution in [3.05, 3.63) is 0 Å². The van der Waals surface area contributed by atoms with Crippen LogP contribution in [0.25, 0.3) is 0 Å². The smallest absolute Gasteiger partial charge is 0.357 e. The largest absolute Gasteiger partial charge is 0.583 e. The van der Waals surface area contributed by atoms with E-state index in [1.165, 1.54) is 0 Å². The van der Waals surface area contributed by atoms with Gasteiger partial charge >= 0.3 is 9.53 Å². The van der Waals surface area contributed by atoms with Crippen molar-refractivity contribution in [3.63, 3.8) is 0 Å². The first kappa shape index (κ1) is 16.0. The average Bonchev–Trinajstić information content (AvgIpc) is 2.28. The van der Waals surface area contributed by atoms with Crippen LogP contribution in [0.2, 0.25) is 0 Å². The minimum absolute atomic E-state index is 0.401. The molecule has 6 nitrogen and oxygen atoms in total. The van der Waals surface area contributed by atoms with E-state index >= 15 is 0 Å². The maximum absolute atomic E-state index is 5.42. The molecule has 0 fully saturated rings. The van der Waals surface area contributed by atoms with Gasteiger partial charge in [-0.1, -0.05) is 0 Å². The Labute approximate surface area is 98.7 Å². The van der Waals surface area contributed by atoms with Crippen molar-refractivity contribution in [2.24, 2.45) is 0 Å². The average molecular weight is 253 g/mol. The summed E-state index contributed by atoms with van der Waals surface area (Å²) in [6.45, 7) is 5.27. The molecule has 97 valence electrons. The zero-order valence-corrected chi connectivity index (χ0v) is 11.7. The highest BCUT2D eigenvalue weighted by Crippen LogP contribution is 2.06. The molecule has 0 aliphatic carbocycles. The van der Waals surface area contributed by atoms with Crippen LogP contribution in [0.1, 0.15) is 20.8 Å². The van der Waals surface area contributed by atoms with Crippen LogP contribution in [0.15, 0.2) is 0 Å². The van der Waals surface area contributed by atoms with E-state index in [-0.39, 0.29) is 0 Å². The first-order valence-corrected chi connectivity index (χ1v) is 6.21. The highest BCUT2D eigenvalue weighted by atomic mass is 28.3. The third-order valence-electron chi connectivity index (χ3n) is 1.78. The monoisotopic (exact) mass is 253 g/mol. The topological polar surface area (TPSA) is 55.4 Å². The molecular weight excluding hydrogens is 232 g/mol. The predicted octanol–water partition coefficient (Wildman–Crippen LogP) is 0.998. The van der Waals surface area contributed by atoms with Crippen LogP contribution in [0.4, 0.5) is 0 Å². The van der Waals surface area contributed by atoms with Crippen LogP contribution < -0.4 is 0 Å². The Balaban J connectivity index is 4.15. The number of hydrogen-bond acceptors (Lipinski definition) is 6. The Morgan fingerprint density at radius 1 is 0.625 bits per heavy atom. The van der Waals surface area contributed by atoms with Gasteiger partial charge in [0, 0.05) is 21.3 Å². The highest BCUT2D eigenvalue weighted by Gasteiger charge is 2.27. The Morgan fingerprint density at radius 2 is 0.875 bits per heavy atom. The predicted molar refractivity (Wildman–Crippen MR) is 58.4 cm³/mol. The standard InChI is InChI=1S/C9H21O6Si/c1-7(10-4)13-16(14-8(2)11-5)15-9(3)12-6/h7-9H,1-6H3. The van der Waals surface area contributed by atoms with E-state index in [0.717, 1.165) is 0 Å². The molecule has 0 amide bonds. The van der Waals surface area contributed by atoms with Gasteiger partial charge in [-0.25, -0.2) is 0 Å². The molecule has 0 aromatic rings. The fourth-order valence-corrected chi connectivity index (χ4v) is 1.90. The van der Waals surface area contributed by atoms with Crippen molar-refractivity contribution in [1.82, 2.24) is 0 Å². The summed E-state index contributed by atoms with van der Waals surface area (Å²) in [7, 11) is 2.68. The molecule has 0 bridgehead atoms. The molecule has 1 radical (unpaired) electrons. The molecule has 16 heavy (non-hydrogen) atoms. The Kier molecular flexibility index (Phi) is 9.04. The summed E-state index contributed by atoms with van der Waals surface area (Å²) < 4.78 is 31.2. The first-order chi connectivity index (χ1) is 7.53. The van der Waals surface area contributed by atoms with Crippen molar-refractivity contribution in [2.45, 2.75) is 39.6 Å². The van der Waals surface area contributed by atoms with Crippen molar-refractivity contribution in [3.8, 4) is 0 Å². The molecule has 3 atom stereocenters. The van der Waals surface area contributed by atoms with E-state index in [2.05, 4.69) is 0 Å². The van der Waals surface area contributed by atoms with Gasteiger partial charge in [0.05, 0.1) is 0 Å². The van der Waals surface area contributed by atoms with E-state index in [1.807, 2.05) is 0 Å². The fourth-order valence-electron chi connectivity index (χ4n) is 0.634. The van der Waals surface area contributed by atoms with Gasteiger partial charge in [-0.15, -0.1) is 0 Å². The molecule has 0 saturated heterocycles. The van der Waals surface area contributed by atoms with Gasteiger partial charge in [0.2, 0.25) is 0 Å². The van der Waals surface area contributed by atoms with Crippen molar-refractivity contribution in [1.29, 1.82) is 0 Å². The lowest BCUT2D eigenvalue weighted by atomic mass is 10.8. The summed E-state index contributed by atoms with van der Waals surface area (Å²) in [5.74, 6) is 0. The number of rotatable bonds is 9. The molecule has 0 saturated carbocycles. The molecule has 0 aromatic carbocycles. The maximum atomic E-state index is 5.42. The lowest BCUT2D eigenvalue weighted by molar-refractivity contribution is -0.147. The van der Waals surface area contributed by atoms with E-state index < -0.39 is 28.4 Å². The van der Waals surface area contributed by atoms with E-state index in [0.29, 0.717) is 0 Å². The summed E-state index contributed by atoms with van der Waals surface area (Å²) in [4.78, 5) is 0. The number of hydrogen-bond donors (Lipinski definition) is 0. The summed E-state index contributed by atoms with van der Waals surface area (Å²) in [6.07, 6.45) is -1.20. The quantitative estimate of drug-likeness (QED) is 0.451. The third kappa shape index (κ3) is 7.28. The second-order valence-corrected chi connectivity index (χ2v) is 4.22.